The van der Waals surface area contributed by atoms with E-state index in [4.69, 9.17) is 0 Å². The number of carbonyl (C=O) groups is 8. The van der Waals surface area contributed by atoms with Crippen LogP contribution in [0.15, 0.2) is 12.2 Å². The van der Waals surface area contributed by atoms with Crippen LogP contribution in [-0.2, 0) is 43.1 Å². The summed E-state index contributed by atoms with van der Waals surface area (Å²) in [6.07, 6.45) is 6.98. The molecule has 13 heteroatoms. The lowest BCUT2D eigenvalue weighted by atomic mass is 9.77. The summed E-state index contributed by atoms with van der Waals surface area (Å²) in [6, 6.07) is -3.43. The van der Waals surface area contributed by atoms with Crippen molar-refractivity contribution >= 4 is 47.0 Å². The molecule has 0 aromatic carbocycles. The van der Waals surface area contributed by atoms with Gasteiger partial charge in [0.25, 0.3) is 0 Å². The van der Waals surface area contributed by atoms with Gasteiger partial charge in [0.15, 0.2) is 11.6 Å². The van der Waals surface area contributed by atoms with E-state index < -0.39 is 70.8 Å². The van der Waals surface area contributed by atoms with E-state index in [-0.39, 0.29) is 55.6 Å². The quantitative estimate of drug-likeness (QED) is 0.151. The number of hydrogen-bond donors (Lipinski definition) is 3. The van der Waals surface area contributed by atoms with Gasteiger partial charge in [0, 0.05) is 31.3 Å². The van der Waals surface area contributed by atoms with Crippen LogP contribution >= 0.6 is 0 Å². The Morgan fingerprint density at radius 2 is 1.63 bits per heavy atom. The van der Waals surface area contributed by atoms with Gasteiger partial charge in [-0.25, -0.2) is 4.79 Å². The summed E-state index contributed by atoms with van der Waals surface area (Å²) < 4.78 is 4.57. The summed E-state index contributed by atoms with van der Waals surface area (Å²) >= 11 is 0. The standard InChI is InChI=1S/C36H55N3O10/c1-21(2)30(28(42)19-26(35(47)48)23-13-9-8-10-14-23)37-33(45)27-18-25(41)20-39(27)34(46)31(36(4,5)6)38-32(44)24(17-22(3)40)15-11-12-16-29(43)49-7/h12,16,21,23-24,26-27,30-31H,8-11,13-15,17-20H2,1-7H3,(H,37,45)(H,38,44)(H,47,48)/b16-12+/t24-,26+,27+,30+,31-/m1/s1. The minimum atomic E-state index is -1.24. The Balaban J connectivity index is 2.25. The number of amides is 3. The van der Waals surface area contributed by atoms with E-state index in [1.807, 2.05) is 0 Å². The Bertz CT molecular complexity index is 1280. The second-order valence-electron chi connectivity index (χ2n) is 14.9. The minimum Gasteiger partial charge on any atom is -0.481 e. The van der Waals surface area contributed by atoms with Gasteiger partial charge in [0.1, 0.15) is 17.9 Å². The Morgan fingerprint density at radius 1 is 1.00 bits per heavy atom. The summed E-state index contributed by atoms with van der Waals surface area (Å²) in [5.41, 5.74) is -0.869. The number of allylic oxidation sites excluding steroid dienone is 1. The van der Waals surface area contributed by atoms with Crippen molar-refractivity contribution in [3.8, 4) is 0 Å². The molecule has 2 rings (SSSR count). The van der Waals surface area contributed by atoms with Crippen LogP contribution in [0.3, 0.4) is 0 Å². The number of rotatable bonds is 17. The first-order valence-electron chi connectivity index (χ1n) is 17.3. The van der Waals surface area contributed by atoms with Gasteiger partial charge in [-0.05, 0) is 49.9 Å². The second-order valence-corrected chi connectivity index (χ2v) is 14.9. The van der Waals surface area contributed by atoms with Gasteiger partial charge in [0.2, 0.25) is 17.7 Å². The number of carbonyl (C=O) groups excluding carboxylic acids is 7. The Kier molecular flexibility index (Phi) is 15.8. The average Bonchev–Trinajstić information content (AvgIpc) is 3.42. The molecular weight excluding hydrogens is 634 g/mol. The molecule has 1 saturated carbocycles. The van der Waals surface area contributed by atoms with Crippen molar-refractivity contribution in [3.63, 3.8) is 0 Å². The molecule has 2 fully saturated rings. The maximum Gasteiger partial charge on any atom is 0.330 e. The van der Waals surface area contributed by atoms with Gasteiger partial charge in [0.05, 0.1) is 25.6 Å². The molecule has 1 heterocycles. The number of ketones is 3. The van der Waals surface area contributed by atoms with E-state index in [0.29, 0.717) is 6.42 Å². The second kappa shape index (κ2) is 18.7. The summed E-state index contributed by atoms with van der Waals surface area (Å²) in [5.74, 6) is -6.70. The van der Waals surface area contributed by atoms with Crippen molar-refractivity contribution in [3.05, 3.63) is 12.2 Å². The Labute approximate surface area is 289 Å². The first-order chi connectivity index (χ1) is 22.9. The fourth-order valence-electron chi connectivity index (χ4n) is 6.65. The third-order valence-electron chi connectivity index (χ3n) is 9.44. The fraction of sp³-hybridized carbons (Fsp3) is 0.722. The van der Waals surface area contributed by atoms with E-state index in [1.54, 1.807) is 34.6 Å². The smallest absolute Gasteiger partial charge is 0.330 e. The molecule has 0 aromatic heterocycles. The summed E-state index contributed by atoms with van der Waals surface area (Å²) in [4.78, 5) is 104. The lowest BCUT2D eigenvalue weighted by Crippen LogP contribution is -2.59. The minimum absolute atomic E-state index is 0.0930. The van der Waals surface area contributed by atoms with Crippen molar-refractivity contribution in [2.45, 2.75) is 124 Å². The van der Waals surface area contributed by atoms with Gasteiger partial charge in [-0.3, -0.25) is 28.8 Å². The van der Waals surface area contributed by atoms with E-state index in [9.17, 15) is 43.5 Å². The number of nitrogens with zero attached hydrogens (tertiary/aromatic N) is 1. The summed E-state index contributed by atoms with van der Waals surface area (Å²) in [6.45, 7) is 9.62. The first kappa shape index (κ1) is 41.3. The molecule has 3 N–H and O–H groups in total. The number of methoxy groups -OCH3 is 1. The van der Waals surface area contributed by atoms with Crippen LogP contribution in [0.2, 0.25) is 0 Å². The van der Waals surface area contributed by atoms with Gasteiger partial charge in [-0.1, -0.05) is 60.0 Å². The van der Waals surface area contributed by atoms with E-state index >= 15 is 0 Å². The number of likely N-dealkylation sites (tertiary alicyclic amines) is 1. The molecule has 0 unspecified atom stereocenters. The van der Waals surface area contributed by atoms with Crippen LogP contribution in [-0.4, -0.2) is 88.8 Å². The van der Waals surface area contributed by atoms with Gasteiger partial charge in [-0.15, -0.1) is 0 Å². The van der Waals surface area contributed by atoms with Crippen molar-refractivity contribution in [1.82, 2.24) is 15.5 Å². The Hall–Kier alpha value is -3.90. The third-order valence-corrected chi connectivity index (χ3v) is 9.44. The molecule has 5 atom stereocenters. The van der Waals surface area contributed by atoms with Crippen LogP contribution in [0.25, 0.3) is 0 Å². The first-order valence-corrected chi connectivity index (χ1v) is 17.3. The molecule has 13 nitrogen and oxygen atoms in total. The number of hydrogen-bond acceptors (Lipinski definition) is 9. The SMILES string of the molecule is COC(=O)/C=C/CC[C@H](CC(C)=O)C(=O)N[C@H](C(=O)N1CC(=O)C[C@H]1C(=O)N[C@H](C(=O)C[C@H](C(=O)O)C1CCCCC1)C(C)C)C(C)(C)C. The molecule has 1 aliphatic heterocycles. The van der Waals surface area contributed by atoms with E-state index in [2.05, 4.69) is 15.4 Å². The molecule has 0 aromatic rings. The average molecular weight is 690 g/mol. The van der Waals surface area contributed by atoms with Crippen molar-refractivity contribution < 1.29 is 48.2 Å². The zero-order chi connectivity index (χ0) is 37.1. The molecule has 1 saturated heterocycles. The summed E-state index contributed by atoms with van der Waals surface area (Å²) in [7, 11) is 1.24. The number of esters is 1. The number of carboxylic acid groups (broad SMARTS) is 1. The third kappa shape index (κ3) is 12.5. The van der Waals surface area contributed by atoms with Gasteiger partial charge in [-0.2, -0.15) is 0 Å². The molecule has 0 spiro atoms. The highest BCUT2D eigenvalue weighted by atomic mass is 16.5. The fourth-order valence-corrected chi connectivity index (χ4v) is 6.65. The summed E-state index contributed by atoms with van der Waals surface area (Å²) in [5, 5.41) is 15.4. The number of carboxylic acids is 1. The highest BCUT2D eigenvalue weighted by Gasteiger charge is 2.46. The van der Waals surface area contributed by atoms with Crippen LogP contribution in [0.1, 0.15) is 106 Å². The zero-order valence-electron chi connectivity index (χ0n) is 30.0. The number of Topliss-reactive ketones (excluding diaryl/α,β-unsaturated/α-hetero) is 3. The highest BCUT2D eigenvalue weighted by molar-refractivity contribution is 6.02. The van der Waals surface area contributed by atoms with Crippen molar-refractivity contribution in [2.24, 2.45) is 29.1 Å². The molecule has 1 aliphatic carbocycles. The lowest BCUT2D eigenvalue weighted by Gasteiger charge is -2.36. The normalized spacial score (nSPS) is 19.6. The number of nitrogens with one attached hydrogen (secondary N) is 2. The molecule has 2 aliphatic rings. The maximum atomic E-state index is 14.1. The van der Waals surface area contributed by atoms with Crippen LogP contribution in [0.4, 0.5) is 0 Å². The van der Waals surface area contributed by atoms with Crippen LogP contribution in [0.5, 0.6) is 0 Å². The maximum absolute atomic E-state index is 14.1. The topological polar surface area (TPSA) is 193 Å². The lowest BCUT2D eigenvalue weighted by molar-refractivity contribution is -0.147. The predicted octanol–water partition coefficient (Wildman–Crippen LogP) is 3.17. The molecule has 3 amide bonds. The van der Waals surface area contributed by atoms with E-state index in [0.717, 1.165) is 37.0 Å². The number of ether oxygens (including phenoxy) is 1. The van der Waals surface area contributed by atoms with Crippen molar-refractivity contribution in [2.75, 3.05) is 13.7 Å². The number of aliphatic carboxylic acids is 1. The Morgan fingerprint density at radius 3 is 2.16 bits per heavy atom. The van der Waals surface area contributed by atoms with Crippen LogP contribution < -0.4 is 10.6 Å². The van der Waals surface area contributed by atoms with E-state index in [1.165, 1.54) is 26.2 Å². The zero-order valence-corrected chi connectivity index (χ0v) is 30.0. The highest BCUT2D eigenvalue weighted by Crippen LogP contribution is 2.33. The predicted molar refractivity (Wildman–Crippen MR) is 180 cm³/mol. The van der Waals surface area contributed by atoms with Crippen molar-refractivity contribution in [1.29, 1.82) is 0 Å². The molecule has 0 bridgehead atoms. The van der Waals surface area contributed by atoms with Gasteiger partial charge >= 0.3 is 11.9 Å². The van der Waals surface area contributed by atoms with Crippen LogP contribution in [0, 0.1) is 29.1 Å². The van der Waals surface area contributed by atoms with Gasteiger partial charge < -0.3 is 30.2 Å². The monoisotopic (exact) mass is 689 g/mol. The molecular formula is C36H55N3O10. The molecule has 274 valence electrons. The largest absolute Gasteiger partial charge is 0.481 e. The molecule has 0 radical (unpaired) electrons. The molecule has 49 heavy (non-hydrogen) atoms.